The number of nitrogens with zero attached hydrogens (tertiary/aromatic N) is 5. The Morgan fingerprint density at radius 3 is 1.19 bits per heavy atom. The van der Waals surface area contributed by atoms with Crippen molar-refractivity contribution in [3.63, 3.8) is 0 Å². The number of fused-ring (bicyclic) bond motifs is 2. The fraction of sp³-hybridized carbons (Fsp3) is 0.589. The highest BCUT2D eigenvalue weighted by atomic mass is 127. The lowest BCUT2D eigenvalue weighted by Gasteiger charge is -2.38. The molecule has 0 spiro atoms. The summed E-state index contributed by atoms with van der Waals surface area (Å²) in [6.45, 7) is 38.0. The molecule has 0 unspecified atom stereocenters. The van der Waals surface area contributed by atoms with E-state index in [9.17, 15) is 64.8 Å². The predicted molar refractivity (Wildman–Crippen MR) is 445 cm³/mol. The largest absolute Gasteiger partial charge is 0.389 e. The van der Waals surface area contributed by atoms with Gasteiger partial charge >= 0.3 is 0 Å². The summed E-state index contributed by atoms with van der Waals surface area (Å²) in [6.07, 6.45) is 32.4. The minimum absolute atomic E-state index is 0.0877. The highest BCUT2D eigenvalue weighted by molar-refractivity contribution is 14.1. The molecule has 11 rings (SSSR count). The summed E-state index contributed by atoms with van der Waals surface area (Å²) >= 11 is 2.20. The molecule has 2 bridgehead atoms. The Hall–Kier alpha value is -4.58. The summed E-state index contributed by atoms with van der Waals surface area (Å²) in [6, 6.07) is 0. The van der Waals surface area contributed by atoms with Crippen LogP contribution < -0.4 is 26.6 Å². The molecule has 606 valence electrons. The van der Waals surface area contributed by atoms with Gasteiger partial charge in [0, 0.05) is 61.4 Å². The average Bonchev–Trinajstić information content (AvgIpc) is 1.58. The number of carbonyl (C=O) groups excluding carboxylic acids is 5. The molecule has 35 heteroatoms. The van der Waals surface area contributed by atoms with E-state index in [1.165, 1.54) is 70.6 Å². The van der Waals surface area contributed by atoms with Gasteiger partial charge in [-0.2, -0.15) is 0 Å². The van der Waals surface area contributed by atoms with Gasteiger partial charge in [-0.3, -0.25) is 24.0 Å². The molecular weight excluding hydrogens is 1600 g/mol. The summed E-state index contributed by atoms with van der Waals surface area (Å²) in [7, 11) is 0. The molecule has 0 aliphatic carbocycles. The van der Waals surface area contributed by atoms with Gasteiger partial charge in [-0.1, -0.05) is 55.5 Å². The normalized spacial score (nSPS) is 35.3. The van der Waals surface area contributed by atoms with Crippen molar-refractivity contribution in [2.24, 2.45) is 0 Å². The molecular formula is C73H118IN10O19P5. The highest BCUT2D eigenvalue weighted by Crippen LogP contribution is 2.49. The van der Waals surface area contributed by atoms with Gasteiger partial charge in [0.15, 0.2) is 24.9 Å². The van der Waals surface area contributed by atoms with E-state index in [1.54, 1.807) is 29.1 Å². The number of alkyl halides is 1. The van der Waals surface area contributed by atoms with Crippen LogP contribution >= 0.6 is 57.0 Å². The first-order valence-electron chi connectivity index (χ1n) is 35.4. The van der Waals surface area contributed by atoms with Crippen LogP contribution in [0.1, 0.15) is 46.0 Å². The molecule has 11 aliphatic rings. The zero-order chi connectivity index (χ0) is 81.1. The van der Waals surface area contributed by atoms with E-state index in [2.05, 4.69) is 180 Å². The summed E-state index contributed by atoms with van der Waals surface area (Å²) in [5, 5.41) is 96.0. The molecule has 6 fully saturated rings. The molecule has 0 aromatic carbocycles. The number of halogens is 1. The Bertz CT molecular complexity index is 3710. The van der Waals surface area contributed by atoms with Gasteiger partial charge in [-0.15, -0.1) is 65.9 Å². The van der Waals surface area contributed by atoms with Gasteiger partial charge in [-0.25, -0.2) is 0 Å². The maximum Gasteiger partial charge on any atom is 0.250 e. The first-order chi connectivity index (χ1) is 49.6. The van der Waals surface area contributed by atoms with Crippen molar-refractivity contribution in [2.75, 3.05) is 104 Å². The summed E-state index contributed by atoms with van der Waals surface area (Å²) in [4.78, 5) is 64.5. The lowest BCUT2D eigenvalue weighted by Crippen LogP contribution is -2.53. The van der Waals surface area contributed by atoms with Crippen molar-refractivity contribution in [1.29, 1.82) is 0 Å². The van der Waals surface area contributed by atoms with Crippen LogP contribution in [0.25, 0.3) is 0 Å². The number of aliphatic hydroxyl groups is 8. The monoisotopic (exact) mass is 1720 g/mol. The van der Waals surface area contributed by atoms with Crippen molar-refractivity contribution in [2.45, 2.75) is 165 Å². The summed E-state index contributed by atoms with van der Waals surface area (Å²) in [5.74, 6) is 0.625. The van der Waals surface area contributed by atoms with Crippen LogP contribution in [0.3, 0.4) is 0 Å². The van der Waals surface area contributed by atoms with Crippen molar-refractivity contribution in [3.05, 3.63) is 123 Å². The zero-order valence-electron chi connectivity index (χ0n) is 64.4. The van der Waals surface area contributed by atoms with E-state index in [0.29, 0.717) is 55.0 Å². The number of nitrogens with one attached hydrogen (secondary N) is 5. The first-order valence-corrected chi connectivity index (χ1v) is 51.9. The van der Waals surface area contributed by atoms with Crippen LogP contribution in [0.5, 0.6) is 0 Å². The fourth-order valence-corrected chi connectivity index (χ4v) is 19.0. The molecule has 13 N–H and O–H groups in total. The minimum atomic E-state index is -1.47. The Kier molecular flexibility index (Phi) is 30.1. The van der Waals surface area contributed by atoms with Gasteiger partial charge in [0.2, 0.25) is 0 Å². The van der Waals surface area contributed by atoms with Crippen molar-refractivity contribution in [3.8, 4) is 0 Å². The molecule has 29 nitrogen and oxygen atoms in total. The van der Waals surface area contributed by atoms with Crippen LogP contribution in [0, 0.1) is 0 Å². The van der Waals surface area contributed by atoms with Gasteiger partial charge in [0.25, 0.3) is 29.5 Å². The van der Waals surface area contributed by atoms with Gasteiger partial charge in [0.1, 0.15) is 89.3 Å². The van der Waals surface area contributed by atoms with Crippen molar-refractivity contribution in [1.82, 2.24) is 51.1 Å². The van der Waals surface area contributed by atoms with E-state index in [-0.39, 0.29) is 45.8 Å². The second kappa shape index (κ2) is 35.9. The zero-order valence-corrected chi connectivity index (χ0v) is 71.0. The number of hydrogen-bond donors (Lipinski definition) is 13. The van der Waals surface area contributed by atoms with E-state index >= 15 is 0 Å². The standard InChI is InChI=1S/C15H23N2O4P.2C15H25N2O4P.C14H22IN2O3P.C14H23N2O4P/c1-10-16-11(18)5-7-17(10)14-12-13(19)15(21-14,9-20-12)6-8-22(2,3)4;1-10-16-12(18)6-8-17(10)14-15(2,20)13(19)11(21-14)7-9-22(3,4)5;1-10-16-11(18)6-8-17(10)14-12(19)13(20)15(2,21-14)7-9-22(3,4)5;1-9-16-11(18)5-7-17(9)14-12(15)13(19)10(20-14)6-8-21(2,3)4;1-9-15-11(17)5-7-16(9)14-13(19)12(18)10(20-14)6-8-21(2,3)4/h5,7,12-14,19H,1-2,6,8-9H2,3-4H3,(H,16,18);6,8,11,13-14,19-20H,1,3,7,9H2,2,4-5H3,(H,16,18);6,8,12-14,19-20H,1,3,7,9H2,2,4-5H3,(H,16,18);5,7,10,12-14,19H,1-2,6,8H2,3-4H3,(H,16,18);5,7,10,12-14,18-19H,1-2,6,8H2,3-4H3,(H,15,17)/t12-,13+,14-,15+;11-,13-,14-,15+;12-,13+,14-,15-;2*10-,12-,13-,14-/m11111/s1. The number of hydrogen-bond acceptors (Lipinski definition) is 24. The molecule has 5 amide bonds. The number of rotatable bonds is 20. The van der Waals surface area contributed by atoms with E-state index in [1.807, 2.05) is 0 Å². The molecule has 108 heavy (non-hydrogen) atoms. The quantitative estimate of drug-likeness (QED) is 0.0473. The molecule has 0 aromatic rings. The van der Waals surface area contributed by atoms with Gasteiger partial charge in [0.05, 0.1) is 40.5 Å². The van der Waals surface area contributed by atoms with Crippen molar-refractivity contribution >= 4 is 118 Å². The first kappa shape index (κ1) is 90.6. The van der Waals surface area contributed by atoms with Crippen LogP contribution in [0.4, 0.5) is 0 Å². The van der Waals surface area contributed by atoms with E-state index < -0.39 is 137 Å². The Labute approximate surface area is 650 Å². The smallest absolute Gasteiger partial charge is 0.250 e. The Morgan fingerprint density at radius 1 is 0.435 bits per heavy atom. The maximum atomic E-state index is 11.3. The van der Waals surface area contributed by atoms with Crippen LogP contribution in [0.2, 0.25) is 0 Å². The van der Waals surface area contributed by atoms with E-state index in [4.69, 9.17) is 28.4 Å². The number of aliphatic hydroxyl groups excluding tert-OH is 7. The number of amides is 5. The third-order valence-corrected chi connectivity index (χ3v) is 28.2. The van der Waals surface area contributed by atoms with Crippen molar-refractivity contribution < 1.29 is 93.2 Å². The SMILES string of the molecule is C=C1NC(=O)C=CN1[C@@H]1O[C@@]2(CCP(=C)(C)C)CO[C@@H]1[C@@H]2O.C=C1NC(=O)C=CN1[C@@H]1O[C@H](CCP(=C)(C)C)[C@@H](O)[C@H]1I.C=C1NC(=O)C=CN1[C@@H]1O[C@H](CCP(=C)(C)C)[C@@H](O)[C@H]1O.C=C1NC(=O)C=CN1[C@@H]1O[C@H](CCP(=C)(C)C)[C@@H](O)[C@]1(C)O.C=C1NC(=O)C=CN1[C@@H]1O[C@](C)(CCP(=C)(C)C)[C@@H](O)[C@H]1O. The number of carbonyl (C=O) groups is 5. The molecule has 0 radical (unpaired) electrons. The Balaban J connectivity index is 0.000000188. The topological polar surface area (TPSA) is 379 Å². The third-order valence-electron chi connectivity index (χ3n) is 19.6. The van der Waals surface area contributed by atoms with E-state index in [0.717, 1.165) is 43.7 Å². The fourth-order valence-electron chi connectivity index (χ4n) is 13.1. The molecule has 11 heterocycles. The van der Waals surface area contributed by atoms with Crippen LogP contribution in [-0.2, 0) is 52.4 Å². The molecule has 20 atom stereocenters. The summed E-state index contributed by atoms with van der Waals surface area (Å²) in [5.41, 5.74) is -3.00. The lowest BCUT2D eigenvalue weighted by atomic mass is 9.94. The summed E-state index contributed by atoms with van der Waals surface area (Å²) < 4.78 is 35.5. The minimum Gasteiger partial charge on any atom is -0.389 e. The highest BCUT2D eigenvalue weighted by Gasteiger charge is 2.63. The Morgan fingerprint density at radius 2 is 0.787 bits per heavy atom. The third kappa shape index (κ3) is 23.5. The van der Waals surface area contributed by atoms with Gasteiger partial charge < -0.3 is 120 Å². The molecule has 0 aromatic heterocycles. The lowest BCUT2D eigenvalue weighted by molar-refractivity contribution is -0.182. The average molecular weight is 1720 g/mol. The van der Waals surface area contributed by atoms with Crippen LogP contribution in [0.15, 0.2) is 123 Å². The number of ether oxygens (including phenoxy) is 6. The second-order valence-corrected chi connectivity index (χ2v) is 55.8. The molecule has 6 saturated heterocycles. The second-order valence-electron chi connectivity index (χ2n) is 32.8. The molecule has 11 aliphatic heterocycles. The maximum absolute atomic E-state index is 11.3. The van der Waals surface area contributed by atoms with Gasteiger partial charge in [-0.05, 0) is 143 Å². The molecule has 0 saturated carbocycles. The predicted octanol–water partition coefficient (Wildman–Crippen LogP) is 2.38. The van der Waals surface area contributed by atoms with Crippen LogP contribution in [-0.4, -0.2) is 349 Å².